The van der Waals surface area contributed by atoms with Crippen molar-refractivity contribution in [3.05, 3.63) is 0 Å². The van der Waals surface area contributed by atoms with Gasteiger partial charge >= 0.3 is 0 Å². The topological polar surface area (TPSA) is 17.1 Å². The van der Waals surface area contributed by atoms with Crippen LogP contribution in [0, 0.1) is 5.92 Å². The van der Waals surface area contributed by atoms with Gasteiger partial charge < -0.3 is 0 Å². The van der Waals surface area contributed by atoms with Crippen LogP contribution in [0.4, 0.5) is 0 Å². The second-order valence-electron chi connectivity index (χ2n) is 2.87. The highest BCUT2D eigenvalue weighted by Crippen LogP contribution is 2.23. The number of carbonyl (C=O) groups is 1. The third-order valence-corrected chi connectivity index (χ3v) is 2.40. The van der Waals surface area contributed by atoms with Gasteiger partial charge in [0, 0.05) is 6.42 Å². The van der Waals surface area contributed by atoms with Gasteiger partial charge in [-0.3, -0.25) is 4.79 Å². The molecule has 2 heteroatoms. The van der Waals surface area contributed by atoms with Crippen LogP contribution in [0.2, 0.25) is 0 Å². The van der Waals surface area contributed by atoms with Crippen LogP contribution in [0.3, 0.4) is 0 Å². The maximum absolute atomic E-state index is 10.9. The van der Waals surface area contributed by atoms with Gasteiger partial charge in [-0.2, -0.15) is 12.6 Å². The number of carbonyl (C=O) groups excluding carboxylic acids is 1. The SMILES string of the molecule is CC1CCC(S)C(=O)C1. The summed E-state index contributed by atoms with van der Waals surface area (Å²) < 4.78 is 0. The molecule has 2 unspecified atom stereocenters. The van der Waals surface area contributed by atoms with Gasteiger partial charge in [0.2, 0.25) is 0 Å². The summed E-state index contributed by atoms with van der Waals surface area (Å²) in [5.41, 5.74) is 0. The van der Waals surface area contributed by atoms with Gasteiger partial charge in [-0.05, 0) is 18.8 Å². The predicted molar refractivity (Wildman–Crippen MR) is 40.8 cm³/mol. The van der Waals surface area contributed by atoms with Gasteiger partial charge in [-0.25, -0.2) is 0 Å². The molecule has 1 saturated carbocycles. The van der Waals surface area contributed by atoms with Crippen LogP contribution in [-0.2, 0) is 4.79 Å². The van der Waals surface area contributed by atoms with E-state index in [0.717, 1.165) is 12.8 Å². The highest BCUT2D eigenvalue weighted by Gasteiger charge is 2.22. The first-order valence-corrected chi connectivity index (χ1v) is 3.92. The minimum Gasteiger partial charge on any atom is -0.298 e. The van der Waals surface area contributed by atoms with Crippen molar-refractivity contribution in [2.45, 2.75) is 31.4 Å². The van der Waals surface area contributed by atoms with E-state index in [2.05, 4.69) is 19.6 Å². The van der Waals surface area contributed by atoms with Crippen LogP contribution < -0.4 is 0 Å². The molecule has 1 aliphatic carbocycles. The number of thiol groups is 1. The molecule has 0 aromatic carbocycles. The Hall–Kier alpha value is 0.0200. The molecule has 52 valence electrons. The number of hydrogen-bond acceptors (Lipinski definition) is 2. The maximum Gasteiger partial charge on any atom is 0.145 e. The highest BCUT2D eigenvalue weighted by atomic mass is 32.1. The minimum atomic E-state index is 0.0428. The normalized spacial score (nSPS) is 36.9. The summed E-state index contributed by atoms with van der Waals surface area (Å²) in [6.07, 6.45) is 2.89. The molecule has 1 aliphatic rings. The summed E-state index contributed by atoms with van der Waals surface area (Å²) in [6, 6.07) is 0. The van der Waals surface area contributed by atoms with E-state index in [1.807, 2.05) is 0 Å². The molecule has 0 bridgehead atoms. The van der Waals surface area contributed by atoms with Gasteiger partial charge in [0.05, 0.1) is 5.25 Å². The van der Waals surface area contributed by atoms with E-state index in [1.165, 1.54) is 6.42 Å². The van der Waals surface area contributed by atoms with E-state index in [0.29, 0.717) is 11.7 Å². The van der Waals surface area contributed by atoms with Crippen molar-refractivity contribution in [2.24, 2.45) is 5.92 Å². The summed E-state index contributed by atoms with van der Waals surface area (Å²) in [5.74, 6) is 0.929. The number of hydrogen-bond donors (Lipinski definition) is 1. The molecule has 1 rings (SSSR count). The van der Waals surface area contributed by atoms with Crippen LogP contribution in [0.15, 0.2) is 0 Å². The lowest BCUT2D eigenvalue weighted by Crippen LogP contribution is -2.23. The summed E-state index contributed by atoms with van der Waals surface area (Å²) in [5, 5.41) is 0.0428. The van der Waals surface area contributed by atoms with Crippen molar-refractivity contribution in [1.82, 2.24) is 0 Å². The van der Waals surface area contributed by atoms with E-state index in [9.17, 15) is 4.79 Å². The highest BCUT2D eigenvalue weighted by molar-refractivity contribution is 7.81. The molecule has 0 heterocycles. The lowest BCUT2D eigenvalue weighted by atomic mass is 9.90. The fraction of sp³-hybridized carbons (Fsp3) is 0.857. The zero-order valence-corrected chi connectivity index (χ0v) is 6.53. The smallest absolute Gasteiger partial charge is 0.145 e. The Labute approximate surface area is 61.2 Å². The largest absolute Gasteiger partial charge is 0.298 e. The van der Waals surface area contributed by atoms with E-state index < -0.39 is 0 Å². The van der Waals surface area contributed by atoms with Crippen LogP contribution >= 0.6 is 12.6 Å². The first-order valence-electron chi connectivity index (χ1n) is 3.41. The fourth-order valence-electron chi connectivity index (χ4n) is 1.18. The van der Waals surface area contributed by atoms with E-state index in [1.54, 1.807) is 0 Å². The molecule has 0 aromatic rings. The van der Waals surface area contributed by atoms with E-state index in [4.69, 9.17) is 0 Å². The van der Waals surface area contributed by atoms with Gasteiger partial charge in [0.25, 0.3) is 0 Å². The number of rotatable bonds is 0. The predicted octanol–water partition coefficient (Wildman–Crippen LogP) is 1.67. The maximum atomic E-state index is 10.9. The van der Waals surface area contributed by atoms with Crippen molar-refractivity contribution in [3.63, 3.8) is 0 Å². The van der Waals surface area contributed by atoms with Crippen molar-refractivity contribution in [3.8, 4) is 0 Å². The van der Waals surface area contributed by atoms with Gasteiger partial charge in [0.1, 0.15) is 5.78 Å². The molecular weight excluding hydrogens is 132 g/mol. The lowest BCUT2D eigenvalue weighted by molar-refractivity contribution is -0.120. The third-order valence-electron chi connectivity index (χ3n) is 1.85. The van der Waals surface area contributed by atoms with E-state index in [-0.39, 0.29) is 5.25 Å². The number of Topliss-reactive ketones (excluding diaryl/α,β-unsaturated/α-hetero) is 1. The van der Waals surface area contributed by atoms with Crippen molar-refractivity contribution in [2.75, 3.05) is 0 Å². The van der Waals surface area contributed by atoms with Gasteiger partial charge in [-0.1, -0.05) is 6.92 Å². The Morgan fingerprint density at radius 3 is 2.67 bits per heavy atom. The van der Waals surface area contributed by atoms with Crippen molar-refractivity contribution >= 4 is 18.4 Å². The average molecular weight is 144 g/mol. The van der Waals surface area contributed by atoms with Crippen LogP contribution in [0.1, 0.15) is 26.2 Å². The summed E-state index contributed by atoms with van der Waals surface area (Å²) in [4.78, 5) is 10.9. The van der Waals surface area contributed by atoms with Crippen LogP contribution in [0.5, 0.6) is 0 Å². The molecular formula is C7H12OS. The molecule has 0 spiro atoms. The Bertz CT molecular complexity index is 122. The molecule has 0 radical (unpaired) electrons. The molecule has 0 amide bonds. The Morgan fingerprint density at radius 2 is 2.22 bits per heavy atom. The molecule has 0 aromatic heterocycles. The Balaban J connectivity index is 2.44. The zero-order valence-electron chi connectivity index (χ0n) is 5.63. The van der Waals surface area contributed by atoms with Crippen molar-refractivity contribution < 1.29 is 4.79 Å². The number of ketones is 1. The molecule has 0 N–H and O–H groups in total. The van der Waals surface area contributed by atoms with Crippen LogP contribution in [-0.4, -0.2) is 11.0 Å². The minimum absolute atomic E-state index is 0.0428. The summed E-state index contributed by atoms with van der Waals surface area (Å²) in [6.45, 7) is 2.12. The van der Waals surface area contributed by atoms with Crippen LogP contribution in [0.25, 0.3) is 0 Å². The Kier molecular flexibility index (Phi) is 2.17. The second kappa shape index (κ2) is 2.74. The first-order chi connectivity index (χ1) is 4.20. The van der Waals surface area contributed by atoms with Gasteiger partial charge in [-0.15, -0.1) is 0 Å². The summed E-state index contributed by atoms with van der Waals surface area (Å²) >= 11 is 4.15. The molecule has 0 saturated heterocycles. The molecule has 1 nitrogen and oxygen atoms in total. The second-order valence-corrected chi connectivity index (χ2v) is 3.49. The lowest BCUT2D eigenvalue weighted by Gasteiger charge is -2.20. The standard InChI is InChI=1S/C7H12OS/c1-5-2-3-7(9)6(8)4-5/h5,7,9H,2-4H2,1H3. The zero-order chi connectivity index (χ0) is 6.85. The first kappa shape index (κ1) is 7.13. The quantitative estimate of drug-likeness (QED) is 0.512. The summed E-state index contributed by atoms with van der Waals surface area (Å²) in [7, 11) is 0. The Morgan fingerprint density at radius 1 is 1.56 bits per heavy atom. The molecule has 1 fully saturated rings. The van der Waals surface area contributed by atoms with Gasteiger partial charge in [0.15, 0.2) is 0 Å². The molecule has 2 atom stereocenters. The molecule has 9 heavy (non-hydrogen) atoms. The third kappa shape index (κ3) is 1.71. The fourth-order valence-corrected chi connectivity index (χ4v) is 1.44. The average Bonchev–Trinajstić information content (AvgIpc) is 1.80. The van der Waals surface area contributed by atoms with E-state index >= 15 is 0 Å². The molecule has 0 aliphatic heterocycles. The monoisotopic (exact) mass is 144 g/mol. The van der Waals surface area contributed by atoms with Crippen molar-refractivity contribution in [1.29, 1.82) is 0 Å².